The predicted molar refractivity (Wildman–Crippen MR) is 129 cm³/mol. The van der Waals surface area contributed by atoms with Crippen LogP contribution in [0.3, 0.4) is 0 Å². The van der Waals surface area contributed by atoms with Crippen LogP contribution in [0.4, 0.5) is 17.1 Å². The number of nitro benzene ring substituents is 1. The Balaban J connectivity index is 1.65. The number of carbonyl (C=O) groups excluding carboxylic acids is 2. The lowest BCUT2D eigenvalue weighted by atomic mass is 10.1. The van der Waals surface area contributed by atoms with Gasteiger partial charge in [0.05, 0.1) is 17.7 Å². The number of para-hydroxylation sites is 2. The Morgan fingerprint density at radius 2 is 1.83 bits per heavy atom. The first-order chi connectivity index (χ1) is 16.9. The van der Waals surface area contributed by atoms with Gasteiger partial charge in [0.2, 0.25) is 0 Å². The Morgan fingerprint density at radius 3 is 2.57 bits per heavy atom. The number of methoxy groups -OCH3 is 1. The molecule has 176 valence electrons. The number of nitrogens with zero attached hydrogens (tertiary/aromatic N) is 2. The molecule has 0 aliphatic heterocycles. The zero-order valence-corrected chi connectivity index (χ0v) is 18.6. The van der Waals surface area contributed by atoms with Crippen molar-refractivity contribution in [3.05, 3.63) is 94.0 Å². The molecule has 2 amide bonds. The number of nitro groups is 1. The molecule has 0 saturated carbocycles. The summed E-state index contributed by atoms with van der Waals surface area (Å²) in [4.78, 5) is 35.1. The summed E-state index contributed by atoms with van der Waals surface area (Å²) in [5, 5.41) is 25.5. The molecule has 3 aromatic rings. The fraction of sp³-hybridized carbons (Fsp3) is 0.0800. The van der Waals surface area contributed by atoms with E-state index in [4.69, 9.17) is 9.47 Å². The number of carbonyl (C=O) groups is 2. The zero-order valence-electron chi connectivity index (χ0n) is 18.6. The number of benzene rings is 3. The van der Waals surface area contributed by atoms with Crippen LogP contribution >= 0.6 is 0 Å². The van der Waals surface area contributed by atoms with Gasteiger partial charge in [-0.05, 0) is 42.0 Å². The molecule has 0 fully saturated rings. The average molecular weight is 472 g/mol. The Morgan fingerprint density at radius 1 is 1.06 bits per heavy atom. The normalized spacial score (nSPS) is 10.6. The first-order valence-electron chi connectivity index (χ1n) is 10.2. The maximum atomic E-state index is 12.5. The van der Waals surface area contributed by atoms with Crippen molar-refractivity contribution in [2.75, 3.05) is 24.4 Å². The second kappa shape index (κ2) is 11.6. The van der Waals surface area contributed by atoms with Gasteiger partial charge in [0.25, 0.3) is 17.5 Å². The molecule has 10 heteroatoms. The maximum absolute atomic E-state index is 12.5. The smallest absolute Gasteiger partial charge is 0.271 e. The number of hydrogen-bond acceptors (Lipinski definition) is 7. The van der Waals surface area contributed by atoms with Gasteiger partial charge in [-0.2, -0.15) is 5.26 Å². The molecule has 0 aromatic heterocycles. The van der Waals surface area contributed by atoms with E-state index in [1.54, 1.807) is 48.5 Å². The quantitative estimate of drug-likeness (QED) is 0.206. The van der Waals surface area contributed by atoms with Crippen molar-refractivity contribution < 1.29 is 24.0 Å². The highest BCUT2D eigenvalue weighted by molar-refractivity contribution is 6.09. The van der Waals surface area contributed by atoms with Gasteiger partial charge in [0, 0.05) is 17.8 Å². The van der Waals surface area contributed by atoms with Crippen molar-refractivity contribution in [2.24, 2.45) is 0 Å². The molecular formula is C25H20N4O6. The molecule has 0 aliphatic rings. The van der Waals surface area contributed by atoms with E-state index in [1.807, 2.05) is 6.07 Å². The number of non-ortho nitro benzene ring substituents is 1. The number of nitriles is 1. The first kappa shape index (κ1) is 24.5. The average Bonchev–Trinajstić information content (AvgIpc) is 2.86. The van der Waals surface area contributed by atoms with Crippen LogP contribution in [0, 0.1) is 21.4 Å². The Kier molecular flexibility index (Phi) is 8.13. The van der Waals surface area contributed by atoms with E-state index >= 15 is 0 Å². The van der Waals surface area contributed by atoms with Crippen LogP contribution < -0.4 is 20.1 Å². The molecule has 0 heterocycles. The lowest BCUT2D eigenvalue weighted by Gasteiger charge is -2.11. The lowest BCUT2D eigenvalue weighted by molar-refractivity contribution is -0.384. The van der Waals surface area contributed by atoms with Gasteiger partial charge in [-0.25, -0.2) is 0 Å². The molecule has 0 bridgehead atoms. The van der Waals surface area contributed by atoms with Crippen LogP contribution in [0.1, 0.15) is 5.56 Å². The number of anilines is 2. The number of amides is 2. The standard InChI is InChI=1S/C25H20N4O6/c1-34-23-11-3-2-10-22(23)28-24(30)16-35-21-9-4-6-17(13-21)12-18(15-26)25(31)27-19-7-5-8-20(14-19)29(32)33/h2-14H,16H2,1H3,(H,27,31)(H,28,30)/b18-12-. The molecule has 10 nitrogen and oxygen atoms in total. The van der Waals surface area contributed by atoms with Crippen LogP contribution in [-0.2, 0) is 9.59 Å². The molecule has 3 aromatic carbocycles. The second-order valence-electron chi connectivity index (χ2n) is 7.04. The van der Waals surface area contributed by atoms with Gasteiger partial charge in [-0.1, -0.05) is 30.3 Å². The van der Waals surface area contributed by atoms with Crippen molar-refractivity contribution >= 4 is 35.0 Å². The summed E-state index contributed by atoms with van der Waals surface area (Å²) in [6, 6.07) is 20.6. The summed E-state index contributed by atoms with van der Waals surface area (Å²) in [5.74, 6) is -0.259. The summed E-state index contributed by atoms with van der Waals surface area (Å²) in [5.41, 5.74) is 0.767. The van der Waals surface area contributed by atoms with Crippen LogP contribution in [0.25, 0.3) is 6.08 Å². The molecule has 0 radical (unpaired) electrons. The number of ether oxygens (including phenoxy) is 2. The first-order valence-corrected chi connectivity index (χ1v) is 10.2. The third-order valence-corrected chi connectivity index (χ3v) is 4.60. The van der Waals surface area contributed by atoms with Crippen molar-refractivity contribution in [1.29, 1.82) is 5.26 Å². The van der Waals surface area contributed by atoms with E-state index < -0.39 is 16.7 Å². The van der Waals surface area contributed by atoms with Gasteiger partial charge >= 0.3 is 0 Å². The van der Waals surface area contributed by atoms with Crippen LogP contribution in [0.15, 0.2) is 78.4 Å². The van der Waals surface area contributed by atoms with Gasteiger partial charge in [0.1, 0.15) is 23.1 Å². The van der Waals surface area contributed by atoms with E-state index in [0.29, 0.717) is 22.7 Å². The Labute approximate surface area is 200 Å². The van der Waals surface area contributed by atoms with Gasteiger partial charge in [-0.15, -0.1) is 0 Å². The SMILES string of the molecule is COc1ccccc1NC(=O)COc1cccc(/C=C(/C#N)C(=O)Nc2cccc([N+](=O)[O-])c2)c1. The van der Waals surface area contributed by atoms with E-state index in [0.717, 1.165) is 0 Å². The van der Waals surface area contributed by atoms with E-state index in [9.17, 15) is 25.0 Å². The Bertz CT molecular complexity index is 1330. The molecule has 0 aliphatic carbocycles. The summed E-state index contributed by atoms with van der Waals surface area (Å²) >= 11 is 0. The van der Waals surface area contributed by atoms with E-state index in [2.05, 4.69) is 10.6 Å². The highest BCUT2D eigenvalue weighted by Gasteiger charge is 2.13. The van der Waals surface area contributed by atoms with Crippen LogP contribution in [0.2, 0.25) is 0 Å². The molecule has 0 saturated heterocycles. The largest absolute Gasteiger partial charge is 0.495 e. The second-order valence-corrected chi connectivity index (χ2v) is 7.04. The summed E-state index contributed by atoms with van der Waals surface area (Å²) < 4.78 is 10.7. The van der Waals surface area contributed by atoms with Gasteiger partial charge in [0.15, 0.2) is 6.61 Å². The van der Waals surface area contributed by atoms with E-state index in [1.165, 1.54) is 37.5 Å². The third kappa shape index (κ3) is 6.90. The van der Waals surface area contributed by atoms with Gasteiger partial charge < -0.3 is 20.1 Å². The highest BCUT2D eigenvalue weighted by atomic mass is 16.6. The zero-order chi connectivity index (χ0) is 25.2. The lowest BCUT2D eigenvalue weighted by Crippen LogP contribution is -2.20. The molecule has 2 N–H and O–H groups in total. The fourth-order valence-corrected chi connectivity index (χ4v) is 2.99. The predicted octanol–water partition coefficient (Wildman–Crippen LogP) is 4.17. The fourth-order valence-electron chi connectivity index (χ4n) is 2.99. The minimum absolute atomic E-state index is 0.184. The van der Waals surface area contributed by atoms with Crippen molar-refractivity contribution in [3.8, 4) is 17.6 Å². The Hall–Kier alpha value is -5.17. The molecule has 0 unspecified atom stereocenters. The highest BCUT2D eigenvalue weighted by Crippen LogP contribution is 2.23. The summed E-state index contributed by atoms with van der Waals surface area (Å²) in [6.45, 7) is -0.274. The number of rotatable bonds is 9. The van der Waals surface area contributed by atoms with Crippen molar-refractivity contribution in [2.45, 2.75) is 0 Å². The van der Waals surface area contributed by atoms with Gasteiger partial charge in [-0.3, -0.25) is 19.7 Å². The maximum Gasteiger partial charge on any atom is 0.271 e. The summed E-state index contributed by atoms with van der Waals surface area (Å²) in [6.07, 6.45) is 1.34. The summed E-state index contributed by atoms with van der Waals surface area (Å²) in [7, 11) is 1.50. The molecular weight excluding hydrogens is 452 g/mol. The molecule has 35 heavy (non-hydrogen) atoms. The minimum atomic E-state index is -0.726. The molecule has 0 spiro atoms. The topological polar surface area (TPSA) is 144 Å². The third-order valence-electron chi connectivity index (χ3n) is 4.60. The van der Waals surface area contributed by atoms with Crippen LogP contribution in [-0.4, -0.2) is 30.5 Å². The minimum Gasteiger partial charge on any atom is -0.495 e. The number of nitrogens with one attached hydrogen (secondary N) is 2. The number of hydrogen-bond donors (Lipinski definition) is 2. The van der Waals surface area contributed by atoms with Crippen molar-refractivity contribution in [1.82, 2.24) is 0 Å². The monoisotopic (exact) mass is 472 g/mol. The van der Waals surface area contributed by atoms with Crippen LogP contribution in [0.5, 0.6) is 11.5 Å². The van der Waals surface area contributed by atoms with Crippen molar-refractivity contribution in [3.63, 3.8) is 0 Å². The molecule has 0 atom stereocenters. The molecule has 3 rings (SSSR count). The van der Waals surface area contributed by atoms with E-state index in [-0.39, 0.29) is 23.6 Å².